The molecule has 0 bridgehead atoms. The van der Waals surface area contributed by atoms with Gasteiger partial charge in [-0.25, -0.2) is 9.37 Å². The van der Waals surface area contributed by atoms with Crippen LogP contribution < -0.4 is 5.73 Å². The second-order valence-electron chi connectivity index (χ2n) is 4.40. The summed E-state index contributed by atoms with van der Waals surface area (Å²) in [6, 6.07) is 2.64. The van der Waals surface area contributed by atoms with Crippen molar-refractivity contribution in [1.29, 1.82) is 0 Å². The third-order valence-corrected chi connectivity index (χ3v) is 3.11. The van der Waals surface area contributed by atoms with E-state index in [9.17, 15) is 9.18 Å². The van der Waals surface area contributed by atoms with Crippen molar-refractivity contribution in [3.63, 3.8) is 0 Å². The van der Waals surface area contributed by atoms with Crippen LogP contribution in [0.3, 0.4) is 0 Å². The minimum absolute atomic E-state index is 0.171. The standard InChI is InChI=1S/C12H15FN4OS/c13-9-1-2-10(15-7-9)12(18)17-5-3-16(4-6-17)8-11(14)19/h1-2,7H,3-6,8H2,(H2,14,19). The number of halogens is 1. The third kappa shape index (κ3) is 3.68. The van der Waals surface area contributed by atoms with Crippen LogP contribution in [0.1, 0.15) is 10.5 Å². The van der Waals surface area contributed by atoms with E-state index in [0.717, 1.165) is 19.3 Å². The van der Waals surface area contributed by atoms with Gasteiger partial charge in [0.25, 0.3) is 5.91 Å². The second-order valence-corrected chi connectivity index (χ2v) is 4.92. The van der Waals surface area contributed by atoms with Gasteiger partial charge >= 0.3 is 0 Å². The van der Waals surface area contributed by atoms with Gasteiger partial charge in [-0.15, -0.1) is 0 Å². The summed E-state index contributed by atoms with van der Waals surface area (Å²) in [5, 5.41) is 0. The first kappa shape index (κ1) is 13.8. The zero-order valence-corrected chi connectivity index (χ0v) is 11.2. The number of piperazine rings is 1. The molecule has 0 aliphatic carbocycles. The molecule has 5 nitrogen and oxygen atoms in total. The highest BCUT2D eigenvalue weighted by Crippen LogP contribution is 2.07. The van der Waals surface area contributed by atoms with E-state index in [1.807, 2.05) is 0 Å². The molecule has 0 radical (unpaired) electrons. The average Bonchev–Trinajstić information content (AvgIpc) is 2.39. The highest BCUT2D eigenvalue weighted by molar-refractivity contribution is 7.80. The number of rotatable bonds is 3. The van der Waals surface area contributed by atoms with E-state index in [1.165, 1.54) is 12.1 Å². The summed E-state index contributed by atoms with van der Waals surface area (Å²) in [7, 11) is 0. The largest absolute Gasteiger partial charge is 0.392 e. The number of aromatic nitrogens is 1. The Balaban J connectivity index is 1.92. The number of hydrogen-bond acceptors (Lipinski definition) is 4. The van der Waals surface area contributed by atoms with E-state index in [-0.39, 0.29) is 11.6 Å². The molecule has 0 atom stereocenters. The van der Waals surface area contributed by atoms with E-state index < -0.39 is 5.82 Å². The molecule has 102 valence electrons. The number of carbonyl (C=O) groups excluding carboxylic acids is 1. The Morgan fingerprint density at radius 3 is 2.58 bits per heavy atom. The SMILES string of the molecule is NC(=S)CN1CCN(C(=O)c2ccc(F)cn2)CC1. The van der Waals surface area contributed by atoms with Crippen LogP contribution in [0.5, 0.6) is 0 Å². The maximum absolute atomic E-state index is 12.7. The fourth-order valence-electron chi connectivity index (χ4n) is 1.99. The molecule has 1 fully saturated rings. The summed E-state index contributed by atoms with van der Waals surface area (Å²) in [4.78, 5) is 20.2. The first-order chi connectivity index (χ1) is 9.06. The number of nitrogens with zero attached hydrogens (tertiary/aromatic N) is 3. The molecular formula is C12H15FN4OS. The quantitative estimate of drug-likeness (QED) is 0.806. The number of hydrogen-bond donors (Lipinski definition) is 1. The molecule has 0 spiro atoms. The number of nitrogens with two attached hydrogens (primary N) is 1. The zero-order chi connectivity index (χ0) is 13.8. The van der Waals surface area contributed by atoms with Gasteiger partial charge in [-0.2, -0.15) is 0 Å². The zero-order valence-electron chi connectivity index (χ0n) is 10.4. The number of carbonyl (C=O) groups is 1. The van der Waals surface area contributed by atoms with Gasteiger partial charge in [-0.05, 0) is 12.1 Å². The van der Waals surface area contributed by atoms with Crippen LogP contribution >= 0.6 is 12.2 Å². The molecule has 1 aliphatic rings. The molecular weight excluding hydrogens is 267 g/mol. The smallest absolute Gasteiger partial charge is 0.272 e. The van der Waals surface area contributed by atoms with Crippen molar-refractivity contribution in [1.82, 2.24) is 14.8 Å². The minimum atomic E-state index is -0.446. The van der Waals surface area contributed by atoms with E-state index >= 15 is 0 Å². The highest BCUT2D eigenvalue weighted by atomic mass is 32.1. The summed E-state index contributed by atoms with van der Waals surface area (Å²) in [6.07, 6.45) is 1.05. The van der Waals surface area contributed by atoms with Gasteiger partial charge in [-0.1, -0.05) is 12.2 Å². The van der Waals surface area contributed by atoms with Crippen LogP contribution in [-0.2, 0) is 0 Å². The van der Waals surface area contributed by atoms with Crippen molar-refractivity contribution in [2.75, 3.05) is 32.7 Å². The Morgan fingerprint density at radius 1 is 1.37 bits per heavy atom. The van der Waals surface area contributed by atoms with Crippen molar-refractivity contribution in [3.8, 4) is 0 Å². The normalized spacial score (nSPS) is 16.4. The van der Waals surface area contributed by atoms with Crippen LogP contribution in [0.2, 0.25) is 0 Å². The van der Waals surface area contributed by atoms with Crippen molar-refractivity contribution >= 4 is 23.1 Å². The van der Waals surface area contributed by atoms with Gasteiger partial charge in [0.05, 0.1) is 11.2 Å². The van der Waals surface area contributed by atoms with E-state index in [1.54, 1.807) is 4.90 Å². The Kier molecular flexibility index (Phi) is 4.39. The number of pyridine rings is 1. The molecule has 19 heavy (non-hydrogen) atoms. The minimum Gasteiger partial charge on any atom is -0.392 e. The highest BCUT2D eigenvalue weighted by Gasteiger charge is 2.22. The first-order valence-corrected chi connectivity index (χ1v) is 6.38. The van der Waals surface area contributed by atoms with E-state index in [2.05, 4.69) is 9.88 Å². The lowest BCUT2D eigenvalue weighted by Gasteiger charge is -2.34. The predicted octanol–water partition coefficient (Wildman–Crippen LogP) is 0.265. The maximum Gasteiger partial charge on any atom is 0.272 e. The van der Waals surface area contributed by atoms with Crippen LogP contribution in [0.4, 0.5) is 4.39 Å². The average molecular weight is 282 g/mol. The lowest BCUT2D eigenvalue weighted by atomic mass is 10.2. The molecule has 0 aromatic carbocycles. The molecule has 2 rings (SSSR count). The molecule has 1 amide bonds. The predicted molar refractivity (Wildman–Crippen MR) is 73.3 cm³/mol. The van der Waals surface area contributed by atoms with Gasteiger partial charge in [0.2, 0.25) is 0 Å². The van der Waals surface area contributed by atoms with Crippen molar-refractivity contribution in [2.24, 2.45) is 5.73 Å². The van der Waals surface area contributed by atoms with Gasteiger partial charge in [0.1, 0.15) is 11.5 Å². The lowest BCUT2D eigenvalue weighted by molar-refractivity contribution is 0.0648. The second kappa shape index (κ2) is 6.03. The molecule has 2 N–H and O–H groups in total. The molecule has 0 saturated carbocycles. The maximum atomic E-state index is 12.7. The molecule has 0 unspecified atom stereocenters. The number of thiocarbonyl (C=S) groups is 1. The van der Waals surface area contributed by atoms with Crippen LogP contribution in [-0.4, -0.2) is 58.4 Å². The number of amides is 1. The molecule has 2 heterocycles. The molecule has 7 heteroatoms. The summed E-state index contributed by atoms with van der Waals surface area (Å²) in [6.45, 7) is 3.22. The Hall–Kier alpha value is -1.60. The van der Waals surface area contributed by atoms with Gasteiger partial charge < -0.3 is 10.6 Å². The fraction of sp³-hybridized carbons (Fsp3) is 0.417. The van der Waals surface area contributed by atoms with Gasteiger partial charge in [0.15, 0.2) is 0 Å². The first-order valence-electron chi connectivity index (χ1n) is 5.98. The Bertz CT molecular complexity index is 471. The molecule has 1 aromatic heterocycles. The third-order valence-electron chi connectivity index (χ3n) is 2.99. The van der Waals surface area contributed by atoms with Crippen LogP contribution in [0, 0.1) is 5.82 Å². The van der Waals surface area contributed by atoms with Gasteiger partial charge in [-0.3, -0.25) is 9.69 Å². The fourth-order valence-corrected chi connectivity index (χ4v) is 2.18. The van der Waals surface area contributed by atoms with Crippen molar-refractivity contribution in [3.05, 3.63) is 29.8 Å². The van der Waals surface area contributed by atoms with Crippen molar-refractivity contribution < 1.29 is 9.18 Å². The topological polar surface area (TPSA) is 62.5 Å². The molecule has 1 aromatic rings. The van der Waals surface area contributed by atoms with Crippen LogP contribution in [0.25, 0.3) is 0 Å². The summed E-state index contributed by atoms with van der Waals surface area (Å²) < 4.78 is 12.7. The van der Waals surface area contributed by atoms with E-state index in [0.29, 0.717) is 24.6 Å². The molecule has 1 aliphatic heterocycles. The van der Waals surface area contributed by atoms with Crippen LogP contribution in [0.15, 0.2) is 18.3 Å². The van der Waals surface area contributed by atoms with Gasteiger partial charge in [0, 0.05) is 32.7 Å². The summed E-state index contributed by atoms with van der Waals surface area (Å²) in [5.41, 5.74) is 5.75. The Morgan fingerprint density at radius 2 is 2.05 bits per heavy atom. The Labute approximate surface area is 116 Å². The van der Waals surface area contributed by atoms with E-state index in [4.69, 9.17) is 18.0 Å². The van der Waals surface area contributed by atoms with Crippen molar-refractivity contribution in [2.45, 2.75) is 0 Å². The lowest BCUT2D eigenvalue weighted by Crippen LogP contribution is -2.50. The summed E-state index contributed by atoms with van der Waals surface area (Å²) in [5.74, 6) is -0.618. The summed E-state index contributed by atoms with van der Waals surface area (Å²) >= 11 is 4.86. The molecule has 1 saturated heterocycles. The monoisotopic (exact) mass is 282 g/mol.